The Morgan fingerprint density at radius 2 is 1.88 bits per heavy atom. The van der Waals surface area contributed by atoms with Gasteiger partial charge in [-0.25, -0.2) is 8.42 Å². The Labute approximate surface area is 109 Å². The van der Waals surface area contributed by atoms with Gasteiger partial charge in [0, 0.05) is 22.1 Å². The highest BCUT2D eigenvalue weighted by Gasteiger charge is 2.57. The van der Waals surface area contributed by atoms with E-state index in [4.69, 9.17) is 0 Å². The first-order valence-corrected chi connectivity index (χ1v) is 7.94. The Morgan fingerprint density at radius 1 is 1.29 bits per heavy atom. The minimum Gasteiger partial charge on any atom is -0.303 e. The first-order valence-electron chi connectivity index (χ1n) is 5.43. The first-order chi connectivity index (χ1) is 8.01. The fraction of sp³-hybridized carbons (Fsp3) is 0.417. The summed E-state index contributed by atoms with van der Waals surface area (Å²) in [6, 6.07) is 7.48. The van der Waals surface area contributed by atoms with Crippen molar-refractivity contribution in [1.29, 1.82) is 0 Å². The third kappa shape index (κ3) is 2.31. The third-order valence-corrected chi connectivity index (χ3v) is 6.01. The molecule has 0 aliphatic heterocycles. The molecular weight excluding hydrogens is 304 g/mol. The predicted molar refractivity (Wildman–Crippen MR) is 69.7 cm³/mol. The van der Waals surface area contributed by atoms with E-state index < -0.39 is 15.1 Å². The average molecular weight is 317 g/mol. The molecule has 5 heteroatoms. The lowest BCUT2D eigenvalue weighted by atomic mass is 10.1. The maximum Gasteiger partial charge on any atom is 0.154 e. The Morgan fingerprint density at radius 3 is 2.35 bits per heavy atom. The molecule has 0 bridgehead atoms. The molecule has 0 saturated heterocycles. The molecule has 0 radical (unpaired) electrons. The van der Waals surface area contributed by atoms with Crippen molar-refractivity contribution in [2.75, 3.05) is 5.75 Å². The zero-order valence-corrected chi connectivity index (χ0v) is 11.7. The molecule has 92 valence electrons. The maximum atomic E-state index is 11.8. The molecule has 3 nitrogen and oxygen atoms in total. The van der Waals surface area contributed by atoms with Gasteiger partial charge in [0.1, 0.15) is 6.29 Å². The summed E-state index contributed by atoms with van der Waals surface area (Å²) in [5.41, 5.74) is 0.923. The standard InChI is InChI=1S/C12H13BrO3S/c1-2-17(15,16)12-10(7-14)11(12)8-3-5-9(13)6-4-8/h3-7,10-12H,2H2,1H3/t10-,11-,12+/m0/s1. The number of rotatable bonds is 4. The Balaban J connectivity index is 2.29. The van der Waals surface area contributed by atoms with E-state index in [2.05, 4.69) is 15.9 Å². The van der Waals surface area contributed by atoms with Crippen LogP contribution in [0.5, 0.6) is 0 Å². The van der Waals surface area contributed by atoms with Gasteiger partial charge in [0.15, 0.2) is 9.84 Å². The van der Waals surface area contributed by atoms with E-state index in [1.54, 1.807) is 6.92 Å². The zero-order valence-electron chi connectivity index (χ0n) is 9.34. The van der Waals surface area contributed by atoms with Gasteiger partial charge in [0.2, 0.25) is 0 Å². The minimum absolute atomic E-state index is 0.0923. The van der Waals surface area contributed by atoms with Crippen LogP contribution in [-0.4, -0.2) is 25.7 Å². The first kappa shape index (κ1) is 12.8. The summed E-state index contributed by atoms with van der Waals surface area (Å²) >= 11 is 3.33. The molecule has 0 aromatic heterocycles. The van der Waals surface area contributed by atoms with Crippen LogP contribution in [0.2, 0.25) is 0 Å². The number of halogens is 1. The molecule has 0 N–H and O–H groups in total. The summed E-state index contributed by atoms with van der Waals surface area (Å²) in [6.07, 6.45) is 0.768. The second-order valence-electron chi connectivity index (χ2n) is 4.21. The van der Waals surface area contributed by atoms with E-state index in [-0.39, 0.29) is 17.6 Å². The van der Waals surface area contributed by atoms with E-state index in [1.165, 1.54) is 0 Å². The lowest BCUT2D eigenvalue weighted by Gasteiger charge is -2.00. The molecule has 0 spiro atoms. The smallest absolute Gasteiger partial charge is 0.154 e. The number of hydrogen-bond acceptors (Lipinski definition) is 3. The van der Waals surface area contributed by atoms with Crippen LogP contribution in [0.15, 0.2) is 28.7 Å². The monoisotopic (exact) mass is 316 g/mol. The highest BCUT2D eigenvalue weighted by Crippen LogP contribution is 2.51. The summed E-state index contributed by atoms with van der Waals surface area (Å²) in [5.74, 6) is -0.443. The topological polar surface area (TPSA) is 51.2 Å². The van der Waals surface area contributed by atoms with Gasteiger partial charge in [-0.15, -0.1) is 0 Å². The number of carbonyl (C=O) groups excluding carboxylic acids is 1. The number of aldehydes is 1. The second kappa shape index (κ2) is 4.53. The molecular formula is C12H13BrO3S. The fourth-order valence-electron chi connectivity index (χ4n) is 2.22. The Kier molecular flexibility index (Phi) is 3.41. The fourth-order valence-corrected chi connectivity index (χ4v) is 4.28. The summed E-state index contributed by atoms with van der Waals surface area (Å²) < 4.78 is 24.6. The van der Waals surface area contributed by atoms with E-state index in [0.29, 0.717) is 0 Å². The lowest BCUT2D eigenvalue weighted by Crippen LogP contribution is -2.12. The van der Waals surface area contributed by atoms with E-state index in [1.807, 2.05) is 24.3 Å². The van der Waals surface area contributed by atoms with Crippen LogP contribution in [-0.2, 0) is 14.6 Å². The Bertz CT molecular complexity index is 521. The molecule has 1 aliphatic rings. The van der Waals surface area contributed by atoms with Crippen molar-refractivity contribution in [2.45, 2.75) is 18.1 Å². The van der Waals surface area contributed by atoms with Crippen LogP contribution >= 0.6 is 15.9 Å². The van der Waals surface area contributed by atoms with Crippen molar-refractivity contribution < 1.29 is 13.2 Å². The van der Waals surface area contributed by atoms with E-state index in [0.717, 1.165) is 16.3 Å². The van der Waals surface area contributed by atoms with Crippen molar-refractivity contribution in [3.05, 3.63) is 34.3 Å². The van der Waals surface area contributed by atoms with Crippen molar-refractivity contribution in [2.24, 2.45) is 5.92 Å². The number of carbonyl (C=O) groups is 1. The molecule has 17 heavy (non-hydrogen) atoms. The third-order valence-electron chi connectivity index (χ3n) is 3.24. The average Bonchev–Trinajstić information content (AvgIpc) is 3.05. The van der Waals surface area contributed by atoms with Gasteiger partial charge in [-0.2, -0.15) is 0 Å². The van der Waals surface area contributed by atoms with Gasteiger partial charge in [0.25, 0.3) is 0 Å². The molecule has 0 amide bonds. The van der Waals surface area contributed by atoms with Gasteiger partial charge in [-0.05, 0) is 17.7 Å². The van der Waals surface area contributed by atoms with Crippen LogP contribution in [0.25, 0.3) is 0 Å². The Hall–Kier alpha value is -0.680. The van der Waals surface area contributed by atoms with E-state index >= 15 is 0 Å². The predicted octanol–water partition coefficient (Wildman–Crippen LogP) is 2.16. The van der Waals surface area contributed by atoms with Crippen LogP contribution in [0, 0.1) is 5.92 Å². The summed E-state index contributed by atoms with van der Waals surface area (Å²) in [4.78, 5) is 10.9. The normalized spacial score (nSPS) is 27.8. The molecule has 0 unspecified atom stereocenters. The zero-order chi connectivity index (χ0) is 12.6. The largest absolute Gasteiger partial charge is 0.303 e. The van der Waals surface area contributed by atoms with Crippen molar-refractivity contribution in [3.63, 3.8) is 0 Å². The molecule has 3 atom stereocenters. The van der Waals surface area contributed by atoms with Gasteiger partial charge in [-0.3, -0.25) is 0 Å². The van der Waals surface area contributed by atoms with Gasteiger partial charge < -0.3 is 4.79 Å². The quantitative estimate of drug-likeness (QED) is 0.800. The number of sulfone groups is 1. The van der Waals surface area contributed by atoms with Crippen molar-refractivity contribution >= 4 is 32.1 Å². The van der Waals surface area contributed by atoms with Gasteiger partial charge in [-0.1, -0.05) is 35.0 Å². The summed E-state index contributed by atoms with van der Waals surface area (Å²) in [7, 11) is -3.14. The van der Waals surface area contributed by atoms with Crippen LogP contribution in [0.4, 0.5) is 0 Å². The molecule has 1 aliphatic carbocycles. The van der Waals surface area contributed by atoms with Crippen molar-refractivity contribution in [3.8, 4) is 0 Å². The molecule has 1 fully saturated rings. The van der Waals surface area contributed by atoms with E-state index in [9.17, 15) is 13.2 Å². The second-order valence-corrected chi connectivity index (χ2v) is 7.57. The molecule has 1 aromatic carbocycles. The van der Waals surface area contributed by atoms with Crippen molar-refractivity contribution in [1.82, 2.24) is 0 Å². The molecule has 0 heterocycles. The molecule has 1 saturated carbocycles. The highest BCUT2D eigenvalue weighted by molar-refractivity contribution is 9.10. The maximum absolute atomic E-state index is 11.8. The van der Waals surface area contributed by atoms with Crippen LogP contribution in [0.1, 0.15) is 18.4 Å². The molecule has 1 aromatic rings. The van der Waals surface area contributed by atoms with Gasteiger partial charge >= 0.3 is 0 Å². The highest BCUT2D eigenvalue weighted by atomic mass is 79.9. The van der Waals surface area contributed by atoms with Crippen LogP contribution < -0.4 is 0 Å². The number of benzene rings is 1. The van der Waals surface area contributed by atoms with Gasteiger partial charge in [0.05, 0.1) is 5.25 Å². The number of hydrogen-bond donors (Lipinski definition) is 0. The SMILES string of the molecule is CCS(=O)(=O)[C@@H]1[C@@H](C=O)[C@@H]1c1ccc(Br)cc1. The summed E-state index contributed by atoms with van der Waals surface area (Å²) in [5, 5.41) is -0.522. The van der Waals surface area contributed by atoms with Crippen LogP contribution in [0.3, 0.4) is 0 Å². The summed E-state index contributed by atoms with van der Waals surface area (Å²) in [6.45, 7) is 1.62. The minimum atomic E-state index is -3.14. The lowest BCUT2D eigenvalue weighted by molar-refractivity contribution is -0.108. The molecule has 2 rings (SSSR count).